The molecule has 1 aromatic rings. The summed E-state index contributed by atoms with van der Waals surface area (Å²) >= 11 is 0. The number of ether oxygens (including phenoxy) is 1. The number of aliphatic hydroxyl groups excluding tert-OH is 1. The molecular formula is C17H19NO4. The molecule has 1 fully saturated rings. The number of amides is 1. The van der Waals surface area contributed by atoms with Gasteiger partial charge in [0.25, 0.3) is 5.91 Å². The van der Waals surface area contributed by atoms with Gasteiger partial charge in [-0.05, 0) is 31.0 Å². The number of likely N-dealkylation sites (tertiary alicyclic amines) is 1. The van der Waals surface area contributed by atoms with Crippen molar-refractivity contribution in [2.24, 2.45) is 0 Å². The van der Waals surface area contributed by atoms with Crippen LogP contribution in [0.15, 0.2) is 24.3 Å². The van der Waals surface area contributed by atoms with Crippen molar-refractivity contribution in [3.8, 4) is 11.8 Å². The third-order valence-electron chi connectivity index (χ3n) is 3.69. The Hall–Kier alpha value is -2.32. The molecule has 0 spiro atoms. The number of carbonyl (C=O) groups excluding carboxylic acids is 2. The third kappa shape index (κ3) is 3.86. The van der Waals surface area contributed by atoms with E-state index < -0.39 is 0 Å². The minimum absolute atomic E-state index is 0.0981. The van der Waals surface area contributed by atoms with Gasteiger partial charge in [-0.15, -0.1) is 0 Å². The zero-order valence-corrected chi connectivity index (χ0v) is 12.5. The number of hydrogen-bond donors (Lipinski definition) is 1. The van der Waals surface area contributed by atoms with E-state index in [0.29, 0.717) is 17.7 Å². The van der Waals surface area contributed by atoms with Gasteiger partial charge in [0.15, 0.2) is 0 Å². The van der Waals surface area contributed by atoms with E-state index in [2.05, 4.69) is 11.8 Å². The van der Waals surface area contributed by atoms with Gasteiger partial charge in [-0.2, -0.15) is 0 Å². The van der Waals surface area contributed by atoms with Gasteiger partial charge in [-0.25, -0.2) is 0 Å². The Morgan fingerprint density at radius 1 is 1.45 bits per heavy atom. The maximum Gasteiger partial charge on any atom is 0.307 e. The van der Waals surface area contributed by atoms with Crippen LogP contribution in [0.25, 0.3) is 0 Å². The molecule has 5 heteroatoms. The van der Waals surface area contributed by atoms with Gasteiger partial charge < -0.3 is 14.7 Å². The van der Waals surface area contributed by atoms with Gasteiger partial charge in [0.1, 0.15) is 6.61 Å². The molecule has 1 aliphatic rings. The lowest BCUT2D eigenvalue weighted by atomic mass is 10.1. The summed E-state index contributed by atoms with van der Waals surface area (Å²) < 4.78 is 4.69. The predicted octanol–water partition coefficient (Wildman–Crippen LogP) is 1.20. The number of benzene rings is 1. The van der Waals surface area contributed by atoms with Crippen molar-refractivity contribution in [1.82, 2.24) is 4.90 Å². The van der Waals surface area contributed by atoms with Crippen LogP contribution in [0.2, 0.25) is 0 Å². The molecule has 116 valence electrons. The van der Waals surface area contributed by atoms with Crippen molar-refractivity contribution in [1.29, 1.82) is 0 Å². The summed E-state index contributed by atoms with van der Waals surface area (Å²) in [6.45, 7) is 0.429. The average molecular weight is 301 g/mol. The summed E-state index contributed by atoms with van der Waals surface area (Å²) in [5.41, 5.74) is 1.23. The average Bonchev–Trinajstić information content (AvgIpc) is 3.00. The first-order valence-corrected chi connectivity index (χ1v) is 7.23. The van der Waals surface area contributed by atoms with E-state index in [4.69, 9.17) is 9.84 Å². The van der Waals surface area contributed by atoms with Crippen molar-refractivity contribution >= 4 is 11.9 Å². The Balaban J connectivity index is 2.14. The second-order valence-corrected chi connectivity index (χ2v) is 5.12. The molecule has 1 amide bonds. The number of esters is 1. The van der Waals surface area contributed by atoms with Gasteiger partial charge in [0.05, 0.1) is 13.5 Å². The second-order valence-electron chi connectivity index (χ2n) is 5.12. The number of methoxy groups -OCH3 is 1. The van der Waals surface area contributed by atoms with E-state index in [1.54, 1.807) is 29.2 Å². The molecule has 1 aliphatic heterocycles. The molecule has 5 nitrogen and oxygen atoms in total. The predicted molar refractivity (Wildman–Crippen MR) is 81.1 cm³/mol. The molecule has 1 heterocycles. The number of rotatable bonds is 3. The quantitative estimate of drug-likeness (QED) is 0.673. The van der Waals surface area contributed by atoms with Gasteiger partial charge in [-0.1, -0.05) is 17.9 Å². The molecule has 1 aromatic carbocycles. The minimum Gasteiger partial charge on any atom is -0.469 e. The maximum atomic E-state index is 12.6. The number of carbonyl (C=O) groups is 2. The Morgan fingerprint density at radius 3 is 3.00 bits per heavy atom. The lowest BCUT2D eigenvalue weighted by molar-refractivity contribution is -0.141. The second kappa shape index (κ2) is 7.62. The minimum atomic E-state index is -0.299. The van der Waals surface area contributed by atoms with E-state index in [0.717, 1.165) is 12.8 Å². The fourth-order valence-corrected chi connectivity index (χ4v) is 2.63. The highest BCUT2D eigenvalue weighted by Gasteiger charge is 2.31. The molecule has 0 aromatic heterocycles. The summed E-state index contributed by atoms with van der Waals surface area (Å²) in [7, 11) is 1.35. The summed E-state index contributed by atoms with van der Waals surface area (Å²) in [4.78, 5) is 25.8. The van der Waals surface area contributed by atoms with Crippen molar-refractivity contribution in [3.63, 3.8) is 0 Å². The largest absolute Gasteiger partial charge is 0.469 e. The third-order valence-corrected chi connectivity index (χ3v) is 3.69. The zero-order chi connectivity index (χ0) is 15.9. The fraction of sp³-hybridized carbons (Fsp3) is 0.412. The first-order chi connectivity index (χ1) is 10.7. The Bertz CT molecular complexity index is 615. The number of aliphatic hydroxyl groups is 1. The van der Waals surface area contributed by atoms with Gasteiger partial charge in [0.2, 0.25) is 0 Å². The van der Waals surface area contributed by atoms with Crippen LogP contribution < -0.4 is 0 Å². The number of hydrogen-bond acceptors (Lipinski definition) is 4. The summed E-state index contributed by atoms with van der Waals surface area (Å²) in [5.74, 6) is 4.95. The van der Waals surface area contributed by atoms with Crippen molar-refractivity contribution in [3.05, 3.63) is 35.4 Å². The van der Waals surface area contributed by atoms with Crippen LogP contribution >= 0.6 is 0 Å². The van der Waals surface area contributed by atoms with Crippen LogP contribution in [0.3, 0.4) is 0 Å². The normalized spacial score (nSPS) is 16.8. The molecule has 1 atom stereocenters. The Kier molecular flexibility index (Phi) is 5.56. The number of nitrogens with zero attached hydrogens (tertiary/aromatic N) is 1. The first kappa shape index (κ1) is 16.1. The molecule has 0 saturated carbocycles. The molecular weight excluding hydrogens is 282 g/mol. The first-order valence-electron chi connectivity index (χ1n) is 7.23. The van der Waals surface area contributed by atoms with Gasteiger partial charge in [-0.3, -0.25) is 9.59 Å². The molecule has 1 saturated heterocycles. The van der Waals surface area contributed by atoms with Crippen LogP contribution in [0, 0.1) is 11.8 Å². The van der Waals surface area contributed by atoms with E-state index in [1.165, 1.54) is 7.11 Å². The molecule has 1 unspecified atom stereocenters. The fourth-order valence-electron chi connectivity index (χ4n) is 2.63. The van der Waals surface area contributed by atoms with E-state index in [1.807, 2.05) is 0 Å². The van der Waals surface area contributed by atoms with Crippen LogP contribution in [-0.4, -0.2) is 48.2 Å². The van der Waals surface area contributed by atoms with Crippen molar-refractivity contribution < 1.29 is 19.4 Å². The molecule has 0 bridgehead atoms. The molecule has 22 heavy (non-hydrogen) atoms. The van der Waals surface area contributed by atoms with E-state index in [-0.39, 0.29) is 30.9 Å². The van der Waals surface area contributed by atoms with Crippen LogP contribution in [-0.2, 0) is 9.53 Å². The van der Waals surface area contributed by atoms with Crippen LogP contribution in [0.5, 0.6) is 0 Å². The van der Waals surface area contributed by atoms with Gasteiger partial charge in [0, 0.05) is 23.7 Å². The summed E-state index contributed by atoms with van der Waals surface area (Å²) in [5, 5.41) is 8.73. The lowest BCUT2D eigenvalue weighted by Gasteiger charge is -2.24. The maximum absolute atomic E-state index is 12.6. The Morgan fingerprint density at radius 2 is 2.27 bits per heavy atom. The smallest absolute Gasteiger partial charge is 0.307 e. The standard InChI is InChI=1S/C17H19NO4/c1-22-16(20)12-15-8-3-9-18(15)17(21)14-7-2-5-13(11-14)6-4-10-19/h2,5,7,11,15,19H,3,8-10,12H2,1H3. The van der Waals surface area contributed by atoms with Crippen LogP contribution in [0.1, 0.15) is 35.2 Å². The van der Waals surface area contributed by atoms with E-state index in [9.17, 15) is 9.59 Å². The molecule has 2 rings (SSSR count). The SMILES string of the molecule is COC(=O)CC1CCCN1C(=O)c1cccc(C#CCO)c1. The van der Waals surface area contributed by atoms with E-state index >= 15 is 0 Å². The van der Waals surface area contributed by atoms with Crippen molar-refractivity contribution in [2.75, 3.05) is 20.3 Å². The summed E-state index contributed by atoms with van der Waals surface area (Å²) in [6.07, 6.45) is 1.93. The highest BCUT2D eigenvalue weighted by atomic mass is 16.5. The molecule has 0 aliphatic carbocycles. The molecule has 0 radical (unpaired) electrons. The highest BCUT2D eigenvalue weighted by molar-refractivity contribution is 5.95. The van der Waals surface area contributed by atoms with Crippen LogP contribution in [0.4, 0.5) is 0 Å². The highest BCUT2D eigenvalue weighted by Crippen LogP contribution is 2.23. The molecule has 1 N–H and O–H groups in total. The lowest BCUT2D eigenvalue weighted by Crippen LogP contribution is -2.37. The monoisotopic (exact) mass is 301 g/mol. The zero-order valence-electron chi connectivity index (χ0n) is 12.5. The summed E-state index contributed by atoms with van der Waals surface area (Å²) in [6, 6.07) is 6.89. The van der Waals surface area contributed by atoms with Crippen molar-refractivity contribution in [2.45, 2.75) is 25.3 Å². The Labute approximate surface area is 129 Å². The topological polar surface area (TPSA) is 66.8 Å². The van der Waals surface area contributed by atoms with Gasteiger partial charge >= 0.3 is 5.97 Å².